The number of hydrogen-bond acceptors (Lipinski definition) is 5. The Morgan fingerprint density at radius 3 is 2.66 bits per heavy atom. The van der Waals surface area contributed by atoms with Crippen molar-refractivity contribution >= 4 is 5.91 Å². The summed E-state index contributed by atoms with van der Waals surface area (Å²) < 4.78 is 13.7. The molecule has 154 valence electrons. The molecule has 1 saturated carbocycles. The molecule has 1 N–H and O–H groups in total. The van der Waals surface area contributed by atoms with Crippen LogP contribution in [0.1, 0.15) is 55.0 Å². The highest BCUT2D eigenvalue weighted by molar-refractivity contribution is 5.78. The maximum Gasteiger partial charge on any atom is 0.249 e. The Labute approximate surface area is 169 Å². The largest absolute Gasteiger partial charge is 0.392 e. The van der Waals surface area contributed by atoms with Crippen molar-refractivity contribution in [2.24, 2.45) is 11.8 Å². The minimum atomic E-state index is -0.309. The molecule has 0 spiro atoms. The van der Waals surface area contributed by atoms with E-state index < -0.39 is 0 Å². The third-order valence-electron chi connectivity index (χ3n) is 5.97. The van der Waals surface area contributed by atoms with E-state index >= 15 is 0 Å². The normalized spacial score (nSPS) is 24.6. The van der Waals surface area contributed by atoms with E-state index in [9.17, 15) is 14.3 Å². The van der Waals surface area contributed by atoms with Gasteiger partial charge in [-0.25, -0.2) is 9.45 Å². The van der Waals surface area contributed by atoms with Crippen LogP contribution in [-0.4, -0.2) is 32.7 Å². The fourth-order valence-electron chi connectivity index (χ4n) is 4.49. The Hall–Kier alpha value is -2.38. The number of aromatic nitrogens is 2. The number of carbonyl (C=O) groups is 1. The number of aliphatic hydroxyl groups is 1. The van der Waals surface area contributed by atoms with Gasteiger partial charge in [-0.1, -0.05) is 6.07 Å². The smallest absolute Gasteiger partial charge is 0.249 e. The van der Waals surface area contributed by atoms with Gasteiger partial charge in [-0.3, -0.25) is 19.6 Å². The number of benzene rings is 1. The molecule has 2 heterocycles. The van der Waals surface area contributed by atoms with E-state index in [4.69, 9.17) is 4.84 Å². The zero-order chi connectivity index (χ0) is 20.2. The summed E-state index contributed by atoms with van der Waals surface area (Å²) in [5, 5.41) is 10.8. The lowest BCUT2D eigenvalue weighted by atomic mass is 9.78. The number of hydrogen-bond donors (Lipinski definition) is 1. The number of nitrogens with zero attached hydrogens (tertiary/aromatic N) is 3. The molecule has 1 aromatic carbocycles. The summed E-state index contributed by atoms with van der Waals surface area (Å²) >= 11 is 0. The monoisotopic (exact) mass is 399 g/mol. The number of carbonyl (C=O) groups excluding carboxylic acids is 1. The van der Waals surface area contributed by atoms with Crippen LogP contribution >= 0.6 is 0 Å². The summed E-state index contributed by atoms with van der Waals surface area (Å²) in [5.41, 5.74) is 2.28. The topological polar surface area (TPSA) is 75.5 Å². The van der Waals surface area contributed by atoms with E-state index in [-0.39, 0.29) is 30.3 Å². The maximum atomic E-state index is 13.7. The minimum Gasteiger partial charge on any atom is -0.392 e. The molecule has 1 aliphatic heterocycles. The van der Waals surface area contributed by atoms with Gasteiger partial charge in [-0.2, -0.15) is 0 Å². The second kappa shape index (κ2) is 8.97. The molecule has 2 fully saturated rings. The number of aliphatic hydroxyl groups excluding tert-OH is 1. The Morgan fingerprint density at radius 2 is 1.93 bits per heavy atom. The van der Waals surface area contributed by atoms with Gasteiger partial charge >= 0.3 is 0 Å². The first-order valence-corrected chi connectivity index (χ1v) is 10.2. The molecular formula is C22H26FN3O3. The molecule has 1 aliphatic carbocycles. The molecule has 0 radical (unpaired) electrons. The lowest BCUT2D eigenvalue weighted by Crippen LogP contribution is -2.37. The molecule has 1 aromatic heterocycles. The number of rotatable bonds is 5. The SMILES string of the molecule is O=C(C1CCC(Cc2cc(F)cc(CO)c2)CC1)N1OCC[C@H]1c1cnccn1. The van der Waals surface area contributed by atoms with Crippen LogP contribution in [0.25, 0.3) is 0 Å². The third kappa shape index (κ3) is 4.62. The van der Waals surface area contributed by atoms with E-state index in [0.717, 1.165) is 49.8 Å². The molecule has 1 atom stereocenters. The van der Waals surface area contributed by atoms with Crippen molar-refractivity contribution in [3.63, 3.8) is 0 Å². The molecule has 7 heteroatoms. The van der Waals surface area contributed by atoms with Crippen molar-refractivity contribution in [3.05, 3.63) is 59.4 Å². The molecule has 1 amide bonds. The summed E-state index contributed by atoms with van der Waals surface area (Å²) in [6.45, 7) is 0.351. The highest BCUT2D eigenvalue weighted by Crippen LogP contribution is 2.36. The van der Waals surface area contributed by atoms with Gasteiger partial charge in [-0.15, -0.1) is 0 Å². The van der Waals surface area contributed by atoms with Crippen LogP contribution < -0.4 is 0 Å². The van der Waals surface area contributed by atoms with Crippen molar-refractivity contribution in [1.29, 1.82) is 0 Å². The number of amides is 1. The van der Waals surface area contributed by atoms with Crippen molar-refractivity contribution in [3.8, 4) is 0 Å². The Bertz CT molecular complexity index is 840. The maximum absolute atomic E-state index is 13.7. The summed E-state index contributed by atoms with van der Waals surface area (Å²) in [5.74, 6) is 0.0910. The molecule has 0 unspecified atom stereocenters. The zero-order valence-electron chi connectivity index (χ0n) is 16.3. The average Bonchev–Trinajstić information content (AvgIpc) is 3.24. The highest BCUT2D eigenvalue weighted by atomic mass is 19.1. The summed E-state index contributed by atoms with van der Waals surface area (Å²) in [4.78, 5) is 27.1. The van der Waals surface area contributed by atoms with Gasteiger partial charge in [0.2, 0.25) is 5.91 Å². The molecule has 2 aromatic rings. The van der Waals surface area contributed by atoms with E-state index in [2.05, 4.69) is 9.97 Å². The highest BCUT2D eigenvalue weighted by Gasteiger charge is 2.37. The molecule has 6 nitrogen and oxygen atoms in total. The van der Waals surface area contributed by atoms with Crippen LogP contribution in [0.4, 0.5) is 4.39 Å². The predicted molar refractivity (Wildman–Crippen MR) is 104 cm³/mol. The molecule has 2 aliphatic rings. The first-order chi connectivity index (χ1) is 14.1. The first-order valence-electron chi connectivity index (χ1n) is 10.2. The van der Waals surface area contributed by atoms with Crippen LogP contribution in [-0.2, 0) is 22.7 Å². The van der Waals surface area contributed by atoms with E-state index in [1.54, 1.807) is 24.7 Å². The van der Waals surface area contributed by atoms with E-state index in [0.29, 0.717) is 18.1 Å². The Balaban J connectivity index is 1.34. The van der Waals surface area contributed by atoms with Gasteiger partial charge in [0.1, 0.15) is 11.9 Å². The van der Waals surface area contributed by atoms with E-state index in [1.165, 1.54) is 11.1 Å². The second-order valence-corrected chi connectivity index (χ2v) is 7.98. The average molecular weight is 399 g/mol. The van der Waals surface area contributed by atoms with Crippen molar-refractivity contribution in [1.82, 2.24) is 15.0 Å². The fourth-order valence-corrected chi connectivity index (χ4v) is 4.49. The summed E-state index contributed by atoms with van der Waals surface area (Å²) in [7, 11) is 0. The molecule has 1 saturated heterocycles. The minimum absolute atomic E-state index is 0.0323. The summed E-state index contributed by atoms with van der Waals surface area (Å²) in [6, 6.07) is 4.60. The lowest BCUT2D eigenvalue weighted by Gasteiger charge is -2.31. The lowest BCUT2D eigenvalue weighted by molar-refractivity contribution is -0.183. The van der Waals surface area contributed by atoms with Crippen LogP contribution in [0.2, 0.25) is 0 Å². The number of halogens is 1. The Kier molecular flexibility index (Phi) is 6.16. The standard InChI is InChI=1S/C22H26FN3O3/c23-19-11-16(10-17(12-19)14-27)9-15-1-3-18(4-2-15)22(28)26-21(5-8-29-26)20-13-24-6-7-25-20/h6-7,10-13,15,18,21,27H,1-5,8-9,14H2/t15?,18?,21-/m0/s1. The van der Waals surface area contributed by atoms with E-state index in [1.807, 2.05) is 6.07 Å². The van der Waals surface area contributed by atoms with Gasteiger partial charge in [0.25, 0.3) is 0 Å². The molecular weight excluding hydrogens is 373 g/mol. The Morgan fingerprint density at radius 1 is 1.14 bits per heavy atom. The zero-order valence-corrected chi connectivity index (χ0v) is 16.3. The van der Waals surface area contributed by atoms with Crippen molar-refractivity contribution in [2.45, 2.75) is 51.2 Å². The quantitative estimate of drug-likeness (QED) is 0.834. The molecule has 4 rings (SSSR count). The number of hydroxylamine groups is 2. The predicted octanol–water partition coefficient (Wildman–Crippen LogP) is 3.36. The van der Waals surface area contributed by atoms with Crippen LogP contribution in [0.5, 0.6) is 0 Å². The van der Waals surface area contributed by atoms with Crippen LogP contribution in [0.3, 0.4) is 0 Å². The van der Waals surface area contributed by atoms with Gasteiger partial charge < -0.3 is 5.11 Å². The van der Waals surface area contributed by atoms with Gasteiger partial charge in [0.15, 0.2) is 0 Å². The second-order valence-electron chi connectivity index (χ2n) is 7.98. The summed E-state index contributed by atoms with van der Waals surface area (Å²) in [6.07, 6.45) is 9.90. The van der Waals surface area contributed by atoms with Gasteiger partial charge in [-0.05, 0) is 61.3 Å². The third-order valence-corrected chi connectivity index (χ3v) is 5.97. The van der Waals surface area contributed by atoms with Gasteiger partial charge in [0.05, 0.1) is 25.1 Å². The molecule has 29 heavy (non-hydrogen) atoms. The first kappa shape index (κ1) is 19.9. The van der Waals surface area contributed by atoms with Gasteiger partial charge in [0, 0.05) is 24.7 Å². The fraction of sp³-hybridized carbons (Fsp3) is 0.500. The van der Waals surface area contributed by atoms with Crippen molar-refractivity contribution < 1.29 is 19.1 Å². The molecule has 0 bridgehead atoms. The van der Waals surface area contributed by atoms with Crippen LogP contribution in [0.15, 0.2) is 36.8 Å². The van der Waals surface area contributed by atoms with Crippen molar-refractivity contribution in [2.75, 3.05) is 6.61 Å². The van der Waals surface area contributed by atoms with Crippen LogP contribution in [0, 0.1) is 17.7 Å².